The standard InChI is InChI=1S/C11H18O5Si2/c1-17(2,3)15-16-18(12,13)14-10-9-11-7-5-4-6-8-11/h4-10,12-13H,1-3H3. The van der Waals surface area contributed by atoms with Crippen LogP contribution in [0.1, 0.15) is 5.56 Å². The minimum absolute atomic E-state index is 0.883. The Balaban J connectivity index is 2.44. The van der Waals surface area contributed by atoms with Crippen molar-refractivity contribution in [3.8, 4) is 0 Å². The molecule has 7 heteroatoms. The van der Waals surface area contributed by atoms with Gasteiger partial charge in [0.25, 0.3) is 0 Å². The third-order valence-corrected chi connectivity index (χ3v) is 3.18. The molecule has 1 aromatic carbocycles. The van der Waals surface area contributed by atoms with Crippen LogP contribution in [0.15, 0.2) is 36.6 Å². The van der Waals surface area contributed by atoms with Crippen LogP contribution in [0.25, 0.3) is 6.08 Å². The van der Waals surface area contributed by atoms with E-state index in [9.17, 15) is 9.59 Å². The Bertz CT molecular complexity index is 386. The second kappa shape index (κ2) is 6.27. The quantitative estimate of drug-likeness (QED) is 0.362. The number of hydrogen-bond donors (Lipinski definition) is 2. The van der Waals surface area contributed by atoms with Gasteiger partial charge in [-0.3, -0.25) is 4.58 Å². The molecule has 1 rings (SSSR count). The molecule has 0 aliphatic heterocycles. The van der Waals surface area contributed by atoms with Gasteiger partial charge in [-0.25, -0.2) is 0 Å². The molecule has 0 radical (unpaired) electrons. The van der Waals surface area contributed by atoms with Gasteiger partial charge in [-0.15, -0.1) is 0 Å². The molecule has 0 fully saturated rings. The molecule has 0 aliphatic rings. The highest BCUT2D eigenvalue weighted by atomic mass is 28.4. The van der Waals surface area contributed by atoms with Gasteiger partial charge < -0.3 is 14.0 Å². The summed E-state index contributed by atoms with van der Waals surface area (Å²) in [6.07, 6.45) is 2.79. The highest BCUT2D eigenvalue weighted by Crippen LogP contribution is 2.09. The predicted molar refractivity (Wildman–Crippen MR) is 72.3 cm³/mol. The van der Waals surface area contributed by atoms with Gasteiger partial charge in [-0.1, -0.05) is 30.3 Å². The Morgan fingerprint density at radius 1 is 1.00 bits per heavy atom. The average molecular weight is 286 g/mol. The summed E-state index contributed by atoms with van der Waals surface area (Å²) in [4.78, 5) is 18.9. The molecule has 18 heavy (non-hydrogen) atoms. The van der Waals surface area contributed by atoms with Gasteiger partial charge >= 0.3 is 9.05 Å². The maximum absolute atomic E-state index is 9.45. The molecule has 0 unspecified atom stereocenters. The molecule has 0 saturated carbocycles. The lowest BCUT2D eigenvalue weighted by Crippen LogP contribution is -2.44. The van der Waals surface area contributed by atoms with Gasteiger partial charge in [0, 0.05) is 0 Å². The van der Waals surface area contributed by atoms with E-state index in [0.29, 0.717) is 0 Å². The normalized spacial score (nSPS) is 12.9. The summed E-state index contributed by atoms with van der Waals surface area (Å²) >= 11 is 0. The van der Waals surface area contributed by atoms with Crippen LogP contribution in [0.5, 0.6) is 0 Å². The van der Waals surface area contributed by atoms with E-state index in [1.54, 1.807) is 6.08 Å². The lowest BCUT2D eigenvalue weighted by Gasteiger charge is -2.20. The average Bonchev–Trinajstić information content (AvgIpc) is 2.27. The van der Waals surface area contributed by atoms with E-state index < -0.39 is 17.4 Å². The molecule has 1 aromatic rings. The highest BCUT2D eigenvalue weighted by molar-refractivity contribution is 6.69. The van der Waals surface area contributed by atoms with Crippen molar-refractivity contribution in [3.05, 3.63) is 42.2 Å². The van der Waals surface area contributed by atoms with Crippen molar-refractivity contribution in [1.29, 1.82) is 0 Å². The smallest absolute Gasteiger partial charge is 0.486 e. The van der Waals surface area contributed by atoms with Gasteiger partial charge in [0.15, 0.2) is 0 Å². The highest BCUT2D eigenvalue weighted by Gasteiger charge is 2.41. The minimum Gasteiger partial charge on any atom is -0.486 e. The Hall–Kier alpha value is -0.966. The maximum Gasteiger partial charge on any atom is 0.771 e. The SMILES string of the molecule is C[Si](C)(C)OO[Si](O)(O)OC=Cc1ccccc1. The second-order valence-corrected chi connectivity index (χ2v) is 10.5. The predicted octanol–water partition coefficient (Wildman–Crippen LogP) is 1.88. The molecule has 0 spiro atoms. The molecule has 0 saturated heterocycles. The molecule has 100 valence electrons. The van der Waals surface area contributed by atoms with Gasteiger partial charge in [0.2, 0.25) is 8.32 Å². The van der Waals surface area contributed by atoms with E-state index in [1.165, 1.54) is 6.26 Å². The number of benzene rings is 1. The third-order valence-electron chi connectivity index (χ3n) is 1.68. The van der Waals surface area contributed by atoms with Crippen LogP contribution in [0, 0.1) is 0 Å². The zero-order chi connectivity index (χ0) is 13.6. The molecule has 0 bridgehead atoms. The van der Waals surface area contributed by atoms with Crippen molar-refractivity contribution in [2.75, 3.05) is 0 Å². The summed E-state index contributed by atoms with van der Waals surface area (Å²) in [6.45, 7) is 5.58. The summed E-state index contributed by atoms with van der Waals surface area (Å²) in [7, 11) is -6.22. The first-order valence-electron chi connectivity index (χ1n) is 5.49. The van der Waals surface area contributed by atoms with Crippen molar-refractivity contribution in [2.24, 2.45) is 0 Å². The largest absolute Gasteiger partial charge is 0.771 e. The Labute approximate surface area is 109 Å². The molecule has 0 aliphatic carbocycles. The zero-order valence-electron chi connectivity index (χ0n) is 10.7. The Morgan fingerprint density at radius 3 is 2.17 bits per heavy atom. The monoisotopic (exact) mass is 286 g/mol. The van der Waals surface area contributed by atoms with Gasteiger partial charge in [-0.2, -0.15) is 4.58 Å². The zero-order valence-corrected chi connectivity index (χ0v) is 12.7. The van der Waals surface area contributed by atoms with Crippen molar-refractivity contribution in [1.82, 2.24) is 0 Å². The van der Waals surface area contributed by atoms with E-state index in [-0.39, 0.29) is 0 Å². The summed E-state index contributed by atoms with van der Waals surface area (Å²) in [5.74, 6) is 0. The molecule has 0 atom stereocenters. The molecule has 2 N–H and O–H groups in total. The van der Waals surface area contributed by atoms with Crippen LogP contribution in [0.3, 0.4) is 0 Å². The van der Waals surface area contributed by atoms with Crippen LogP contribution in [-0.4, -0.2) is 27.0 Å². The summed E-state index contributed by atoms with van der Waals surface area (Å²) in [5.41, 5.74) is 0.883. The third kappa shape index (κ3) is 6.69. The molecule has 0 heterocycles. The first kappa shape index (κ1) is 15.1. The minimum atomic E-state index is -4.24. The fourth-order valence-electron chi connectivity index (χ4n) is 0.964. The fraction of sp³-hybridized carbons (Fsp3) is 0.273. The van der Waals surface area contributed by atoms with E-state index in [1.807, 2.05) is 50.0 Å². The van der Waals surface area contributed by atoms with Crippen molar-refractivity contribution in [2.45, 2.75) is 19.6 Å². The first-order chi connectivity index (χ1) is 8.29. The Morgan fingerprint density at radius 2 is 1.61 bits per heavy atom. The van der Waals surface area contributed by atoms with Gasteiger partial charge in [-0.05, 0) is 31.3 Å². The number of hydrogen-bond acceptors (Lipinski definition) is 5. The van der Waals surface area contributed by atoms with E-state index >= 15 is 0 Å². The molecule has 0 aromatic heterocycles. The van der Waals surface area contributed by atoms with Crippen LogP contribution in [0.4, 0.5) is 0 Å². The molecule has 0 amide bonds. The summed E-state index contributed by atoms with van der Waals surface area (Å²) in [5, 5.41) is 0. The maximum atomic E-state index is 9.45. The first-order valence-corrected chi connectivity index (χ1v) is 10.6. The lowest BCUT2D eigenvalue weighted by molar-refractivity contribution is -0.187. The van der Waals surface area contributed by atoms with Crippen molar-refractivity contribution >= 4 is 23.4 Å². The van der Waals surface area contributed by atoms with Crippen LogP contribution >= 0.6 is 0 Å². The molecular formula is C11H18O5Si2. The van der Waals surface area contributed by atoms with Crippen LogP contribution in [0.2, 0.25) is 19.6 Å². The fourth-order valence-corrected chi connectivity index (χ4v) is 2.68. The van der Waals surface area contributed by atoms with E-state index in [0.717, 1.165) is 5.56 Å². The van der Waals surface area contributed by atoms with Crippen molar-refractivity contribution < 1.29 is 23.2 Å². The summed E-state index contributed by atoms with van der Waals surface area (Å²) in [6, 6.07) is 9.34. The summed E-state index contributed by atoms with van der Waals surface area (Å²) < 4.78 is 14.3. The van der Waals surface area contributed by atoms with Crippen LogP contribution in [-0.2, 0) is 13.6 Å². The van der Waals surface area contributed by atoms with Crippen molar-refractivity contribution in [3.63, 3.8) is 0 Å². The van der Waals surface area contributed by atoms with Crippen LogP contribution < -0.4 is 0 Å². The molecule has 5 nitrogen and oxygen atoms in total. The number of rotatable bonds is 6. The molecular weight excluding hydrogens is 268 g/mol. The second-order valence-electron chi connectivity index (χ2n) is 4.66. The lowest BCUT2D eigenvalue weighted by atomic mass is 10.2. The van der Waals surface area contributed by atoms with E-state index in [2.05, 4.69) is 4.58 Å². The van der Waals surface area contributed by atoms with Gasteiger partial charge in [0.1, 0.15) is 0 Å². The van der Waals surface area contributed by atoms with Gasteiger partial charge in [0.05, 0.1) is 6.26 Å². The van der Waals surface area contributed by atoms with E-state index in [4.69, 9.17) is 9.00 Å². The Kier molecular flexibility index (Phi) is 5.26. The topological polar surface area (TPSA) is 68.2 Å².